The number of aromatic nitrogens is 4. The third-order valence-electron chi connectivity index (χ3n) is 11.9. The summed E-state index contributed by atoms with van der Waals surface area (Å²) in [5, 5.41) is 30.1. The van der Waals surface area contributed by atoms with Gasteiger partial charge >= 0.3 is 12.4 Å². The highest BCUT2D eigenvalue weighted by Crippen LogP contribution is 2.44. The Balaban J connectivity index is 0.942. The molecule has 5 heterocycles. The predicted octanol–water partition coefficient (Wildman–Crippen LogP) is 8.71. The van der Waals surface area contributed by atoms with E-state index in [1.807, 2.05) is 0 Å². The van der Waals surface area contributed by atoms with Gasteiger partial charge in [-0.3, -0.25) is 24.3 Å². The van der Waals surface area contributed by atoms with Crippen LogP contribution < -0.4 is 19.9 Å². The Morgan fingerprint density at radius 2 is 1.75 bits per heavy atom. The average Bonchev–Trinajstić information content (AvgIpc) is 4.09. The van der Waals surface area contributed by atoms with Gasteiger partial charge in [0, 0.05) is 31.2 Å². The molecule has 73 heavy (non-hydrogen) atoms. The van der Waals surface area contributed by atoms with Gasteiger partial charge in [0.05, 0.1) is 58.7 Å². The first kappa shape index (κ1) is 54.1. The molecule has 5 aromatic rings. The number of hydrogen-bond acceptors (Lipinski definition) is 14. The topological polar surface area (TPSA) is 200 Å². The van der Waals surface area contributed by atoms with Crippen LogP contribution in [0.25, 0.3) is 22.0 Å². The van der Waals surface area contributed by atoms with Gasteiger partial charge in [-0.2, -0.15) is 31.6 Å². The number of amides is 3. The van der Waals surface area contributed by atoms with Crippen molar-refractivity contribution < 1.29 is 68.5 Å². The lowest BCUT2D eigenvalue weighted by atomic mass is 9.85. The van der Waals surface area contributed by atoms with E-state index in [-0.39, 0.29) is 55.8 Å². The number of nitrogens with one attached hydrogen (secondary N) is 1. The highest BCUT2D eigenvalue weighted by atomic mass is 32.1. The van der Waals surface area contributed by atoms with Crippen molar-refractivity contribution in [2.24, 2.45) is 5.41 Å². The molecule has 2 aliphatic rings. The standard InChI is InChI=1S/C47H45F8N9O7S2/c1-23-37(73-22-58-23)40-61-60-39(71-40)32-16-26(65)20-62(32)41(67)38(44(2,3)4)59-33(66)21-69-13-7-8-14-70-27-10-11-28(29(17-27)46(50,51)52)36-30(48)15-25(19-57-36)64-43(72)63(42(68)45(64,5)6)31-12-9-24(18-56)34(35(31)49)47(53,54)55/h9-12,15,17,19,22,26,32,38,65H,7-8,13-14,16,20-21H2,1-6H3,(H,59,66)/t26-,32+,38-/m1/s1. The Hall–Kier alpha value is -6.69. The molecule has 0 spiro atoms. The molecule has 16 nitrogen and oxygen atoms in total. The molecular formula is C47H45F8N9O7S2. The highest BCUT2D eigenvalue weighted by Gasteiger charge is 2.52. The minimum absolute atomic E-state index is 0.0358. The molecule has 388 valence electrons. The van der Waals surface area contributed by atoms with Crippen LogP contribution in [0.4, 0.5) is 46.5 Å². The fraction of sp³-hybridized carbons (Fsp3) is 0.426. The third-order valence-corrected chi connectivity index (χ3v) is 13.2. The normalized spacial score (nSPS) is 17.6. The number of nitrogens with zero attached hydrogens (tertiary/aromatic N) is 8. The summed E-state index contributed by atoms with van der Waals surface area (Å²) < 4.78 is 133. The van der Waals surface area contributed by atoms with E-state index in [1.165, 1.54) is 36.2 Å². The monoisotopic (exact) mass is 1060 g/mol. The zero-order valence-electron chi connectivity index (χ0n) is 39.6. The molecule has 2 N–H and O–H groups in total. The molecule has 3 amide bonds. The fourth-order valence-corrected chi connectivity index (χ4v) is 9.53. The number of carbonyl (C=O) groups excluding carboxylic acids is 3. The zero-order valence-corrected chi connectivity index (χ0v) is 41.2. The van der Waals surface area contributed by atoms with E-state index in [9.17, 15) is 45.8 Å². The van der Waals surface area contributed by atoms with Gasteiger partial charge in [0.2, 0.25) is 17.7 Å². The van der Waals surface area contributed by atoms with Crippen molar-refractivity contribution in [3.05, 3.63) is 88.0 Å². The number of nitriles is 1. The molecular weight excluding hydrogens is 1020 g/mol. The summed E-state index contributed by atoms with van der Waals surface area (Å²) in [5.41, 5.74) is -7.26. The van der Waals surface area contributed by atoms with Crippen LogP contribution in [0.2, 0.25) is 0 Å². The van der Waals surface area contributed by atoms with E-state index in [1.54, 1.807) is 33.2 Å². The number of anilines is 2. The molecule has 2 aromatic carbocycles. The number of rotatable bonds is 15. The van der Waals surface area contributed by atoms with Crippen molar-refractivity contribution in [3.63, 3.8) is 0 Å². The molecule has 2 saturated heterocycles. The second kappa shape index (κ2) is 20.7. The van der Waals surface area contributed by atoms with Gasteiger partial charge in [0.1, 0.15) is 46.1 Å². The number of aliphatic hydroxyl groups excluding tert-OH is 1. The number of aliphatic hydroxyl groups is 1. The van der Waals surface area contributed by atoms with Crippen molar-refractivity contribution in [2.45, 2.75) is 96.9 Å². The van der Waals surface area contributed by atoms with Gasteiger partial charge in [0.25, 0.3) is 11.8 Å². The maximum Gasteiger partial charge on any atom is 0.420 e. The minimum Gasteiger partial charge on any atom is -0.494 e. The lowest BCUT2D eigenvalue weighted by molar-refractivity contribution is -0.142. The van der Waals surface area contributed by atoms with Gasteiger partial charge in [-0.15, -0.1) is 21.5 Å². The van der Waals surface area contributed by atoms with Gasteiger partial charge in [-0.1, -0.05) is 20.8 Å². The van der Waals surface area contributed by atoms with Gasteiger partial charge in [-0.25, -0.2) is 13.8 Å². The second-order valence-electron chi connectivity index (χ2n) is 18.6. The van der Waals surface area contributed by atoms with E-state index >= 15 is 8.78 Å². The number of aryl methyl sites for hydroxylation is 1. The van der Waals surface area contributed by atoms with Crippen molar-refractivity contribution in [2.75, 3.05) is 36.2 Å². The van der Waals surface area contributed by atoms with Crippen molar-refractivity contribution in [3.8, 4) is 33.8 Å². The number of benzene rings is 2. The Kier molecular flexibility index (Phi) is 15.3. The number of alkyl halides is 6. The van der Waals surface area contributed by atoms with Crippen molar-refractivity contribution in [1.82, 2.24) is 30.4 Å². The van der Waals surface area contributed by atoms with Gasteiger partial charge in [-0.05, 0) is 81.6 Å². The number of ether oxygens (including phenoxy) is 2. The number of unbranched alkanes of at least 4 members (excludes halogenated alkanes) is 1. The first-order valence-electron chi connectivity index (χ1n) is 22.2. The first-order chi connectivity index (χ1) is 34.1. The van der Waals surface area contributed by atoms with Crippen LogP contribution in [0, 0.1) is 35.3 Å². The Morgan fingerprint density at radius 1 is 1.04 bits per heavy atom. The van der Waals surface area contributed by atoms with Gasteiger partial charge in [0.15, 0.2) is 16.7 Å². The number of carbonyl (C=O) groups is 3. The van der Waals surface area contributed by atoms with Crippen LogP contribution in [-0.4, -0.2) is 97.1 Å². The summed E-state index contributed by atoms with van der Waals surface area (Å²) in [6, 6.07) is 4.36. The molecule has 0 bridgehead atoms. The summed E-state index contributed by atoms with van der Waals surface area (Å²) in [5.74, 6) is -5.26. The molecule has 26 heteroatoms. The van der Waals surface area contributed by atoms with E-state index in [2.05, 4.69) is 25.5 Å². The maximum absolute atomic E-state index is 15.9. The van der Waals surface area contributed by atoms with E-state index in [0.717, 1.165) is 35.4 Å². The largest absolute Gasteiger partial charge is 0.494 e. The summed E-state index contributed by atoms with van der Waals surface area (Å²) in [6.07, 6.45) is -9.67. The number of thiocarbonyl (C=S) groups is 1. The van der Waals surface area contributed by atoms with E-state index in [0.29, 0.717) is 34.0 Å². The van der Waals surface area contributed by atoms with Crippen LogP contribution in [0.3, 0.4) is 0 Å². The molecule has 0 radical (unpaired) electrons. The molecule has 0 saturated carbocycles. The Morgan fingerprint density at radius 3 is 2.38 bits per heavy atom. The number of β-amino-alcohol motifs (C(OH)–C–C–N with tert-alkyl or cyclic N) is 1. The summed E-state index contributed by atoms with van der Waals surface area (Å²) in [6.45, 7) is 9.05. The minimum atomic E-state index is -5.34. The number of thiazole rings is 1. The lowest BCUT2D eigenvalue weighted by Gasteiger charge is -2.35. The fourth-order valence-electron chi connectivity index (χ4n) is 8.29. The Bertz CT molecular complexity index is 2990. The van der Waals surface area contributed by atoms with Crippen LogP contribution in [-0.2, 0) is 31.5 Å². The second-order valence-corrected chi connectivity index (χ2v) is 19.8. The highest BCUT2D eigenvalue weighted by molar-refractivity contribution is 7.81. The van der Waals surface area contributed by atoms with Crippen LogP contribution in [0.15, 0.2) is 52.5 Å². The van der Waals surface area contributed by atoms with Crippen molar-refractivity contribution in [1.29, 1.82) is 5.26 Å². The molecule has 2 fully saturated rings. The molecule has 3 atom stereocenters. The molecule has 2 aliphatic heterocycles. The summed E-state index contributed by atoms with van der Waals surface area (Å²) in [7, 11) is 0. The quantitative estimate of drug-likeness (QED) is 0.0573. The smallest absolute Gasteiger partial charge is 0.420 e. The summed E-state index contributed by atoms with van der Waals surface area (Å²) in [4.78, 5) is 52.3. The SMILES string of the molecule is Cc1ncsc1-c1nnc([C@@H]2C[C@@H](O)CN2C(=O)[C@@H](NC(=O)COCCCCOc2ccc(-c3ncc(N4C(=S)N(c5ccc(C#N)c(C(F)(F)F)c5F)C(=O)C4(C)C)cc3F)c(C(F)(F)F)c2)C(C)(C)C)o1. The number of halogens is 8. The zero-order chi connectivity index (χ0) is 53.5. The maximum atomic E-state index is 15.9. The van der Waals surface area contributed by atoms with Crippen molar-refractivity contribution >= 4 is 57.8 Å². The number of likely N-dealkylation sites (tertiary alicyclic amines) is 1. The van der Waals surface area contributed by atoms with Crippen LogP contribution >= 0.6 is 23.6 Å². The molecule has 3 aromatic heterocycles. The number of pyridine rings is 1. The van der Waals surface area contributed by atoms with Crippen LogP contribution in [0.1, 0.15) is 88.2 Å². The Labute approximate surface area is 420 Å². The third kappa shape index (κ3) is 11.1. The lowest BCUT2D eigenvalue weighted by Crippen LogP contribution is -2.55. The molecule has 0 unspecified atom stereocenters. The number of hydrogen-bond donors (Lipinski definition) is 2. The van der Waals surface area contributed by atoms with Crippen LogP contribution in [0.5, 0.6) is 5.75 Å². The predicted molar refractivity (Wildman–Crippen MR) is 250 cm³/mol. The van der Waals surface area contributed by atoms with Gasteiger partial charge < -0.3 is 34.1 Å². The molecule has 7 rings (SSSR count). The summed E-state index contributed by atoms with van der Waals surface area (Å²) >= 11 is 6.69. The van der Waals surface area contributed by atoms with E-state index < -0.39 is 116 Å². The van der Waals surface area contributed by atoms with E-state index in [4.69, 9.17) is 31.4 Å². The average molecular weight is 1060 g/mol. The first-order valence-corrected chi connectivity index (χ1v) is 23.5. The molecule has 0 aliphatic carbocycles.